The molecule has 1 aliphatic rings. The van der Waals surface area contributed by atoms with Crippen LogP contribution in [0.4, 0.5) is 10.9 Å². The third kappa shape index (κ3) is 5.75. The van der Waals surface area contributed by atoms with E-state index in [0.717, 1.165) is 11.3 Å². The lowest BCUT2D eigenvalue weighted by molar-refractivity contribution is -0.129. The zero-order valence-corrected chi connectivity index (χ0v) is 20.3. The summed E-state index contributed by atoms with van der Waals surface area (Å²) in [6.07, 6.45) is 4.42. The van der Waals surface area contributed by atoms with Crippen molar-refractivity contribution in [3.8, 4) is 11.5 Å². The zero-order valence-electron chi connectivity index (χ0n) is 19.5. The van der Waals surface area contributed by atoms with Crippen molar-refractivity contribution in [1.82, 2.24) is 14.9 Å². The number of likely N-dealkylation sites (tertiary alicyclic amines) is 1. The highest BCUT2D eigenvalue weighted by molar-refractivity contribution is 7.15. The molecule has 3 heterocycles. The van der Waals surface area contributed by atoms with E-state index in [1.165, 1.54) is 17.5 Å². The molecule has 0 radical (unpaired) electrons. The summed E-state index contributed by atoms with van der Waals surface area (Å²) < 4.78 is 6.02. The molecule has 11 heteroatoms. The van der Waals surface area contributed by atoms with Crippen LogP contribution >= 0.6 is 11.3 Å². The van der Waals surface area contributed by atoms with Gasteiger partial charge in [0.05, 0.1) is 6.04 Å². The third-order valence-corrected chi connectivity index (χ3v) is 6.35. The Balaban J connectivity index is 1.48. The summed E-state index contributed by atoms with van der Waals surface area (Å²) in [7, 11) is 0. The minimum atomic E-state index is -0.261. The number of pyridine rings is 1. The molecule has 182 valence electrons. The number of amides is 2. The van der Waals surface area contributed by atoms with Crippen molar-refractivity contribution in [3.05, 3.63) is 58.7 Å². The molecule has 0 aliphatic carbocycles. The number of ether oxygens (including phenoxy) is 1. The van der Waals surface area contributed by atoms with E-state index in [2.05, 4.69) is 20.3 Å². The molecule has 3 aromatic rings. The molecule has 4 rings (SSSR count). The Bertz CT molecular complexity index is 1260. The maximum atomic E-state index is 12.5. The molecule has 1 aromatic carbocycles. The Labute approximate surface area is 207 Å². The van der Waals surface area contributed by atoms with Gasteiger partial charge in [0, 0.05) is 48.4 Å². The second-order valence-corrected chi connectivity index (χ2v) is 9.31. The number of aryl methyl sites for hydroxylation is 1. The Morgan fingerprint density at radius 1 is 1.26 bits per heavy atom. The van der Waals surface area contributed by atoms with E-state index in [1.54, 1.807) is 41.4 Å². The molecule has 1 atom stereocenters. The van der Waals surface area contributed by atoms with E-state index in [9.17, 15) is 9.59 Å². The van der Waals surface area contributed by atoms with Crippen LogP contribution in [0, 0.1) is 6.92 Å². The van der Waals surface area contributed by atoms with E-state index in [0.29, 0.717) is 47.3 Å². The van der Waals surface area contributed by atoms with Crippen molar-refractivity contribution in [2.75, 3.05) is 24.1 Å². The molecule has 0 saturated carbocycles. The van der Waals surface area contributed by atoms with Gasteiger partial charge in [-0.1, -0.05) is 6.92 Å². The Morgan fingerprint density at radius 2 is 2.03 bits per heavy atom. The second-order valence-electron chi connectivity index (χ2n) is 8.08. The van der Waals surface area contributed by atoms with Crippen LogP contribution in [0.1, 0.15) is 40.6 Å². The number of aliphatic imine (C=N–C) groups is 1. The van der Waals surface area contributed by atoms with E-state index in [-0.39, 0.29) is 29.5 Å². The lowest BCUT2D eigenvalue weighted by Gasteiger charge is -2.15. The van der Waals surface area contributed by atoms with Crippen molar-refractivity contribution >= 4 is 39.9 Å². The summed E-state index contributed by atoms with van der Waals surface area (Å²) in [5.74, 6) is 1.13. The first-order valence-electron chi connectivity index (χ1n) is 11.2. The van der Waals surface area contributed by atoms with Gasteiger partial charge in [0.15, 0.2) is 5.13 Å². The van der Waals surface area contributed by atoms with Gasteiger partial charge in [-0.25, -0.2) is 9.97 Å². The molecule has 35 heavy (non-hydrogen) atoms. The molecule has 5 N–H and O–H groups in total. The largest absolute Gasteiger partial charge is 0.456 e. The zero-order chi connectivity index (χ0) is 24.9. The molecule has 1 fully saturated rings. The number of benzene rings is 1. The smallest absolute Gasteiger partial charge is 0.257 e. The maximum Gasteiger partial charge on any atom is 0.257 e. The van der Waals surface area contributed by atoms with Gasteiger partial charge in [0.2, 0.25) is 5.91 Å². The van der Waals surface area contributed by atoms with Gasteiger partial charge in [-0.15, -0.1) is 11.3 Å². The van der Waals surface area contributed by atoms with E-state index in [4.69, 9.17) is 16.2 Å². The fourth-order valence-electron chi connectivity index (χ4n) is 3.74. The number of hydrogen-bond donors (Lipinski definition) is 3. The molecule has 1 unspecified atom stereocenters. The fourth-order valence-corrected chi connectivity index (χ4v) is 4.40. The van der Waals surface area contributed by atoms with E-state index in [1.807, 2.05) is 13.8 Å². The first-order chi connectivity index (χ1) is 16.8. The Morgan fingerprint density at radius 3 is 2.71 bits per heavy atom. The van der Waals surface area contributed by atoms with Gasteiger partial charge in [-0.05, 0) is 37.6 Å². The van der Waals surface area contributed by atoms with Crippen molar-refractivity contribution in [2.45, 2.75) is 32.7 Å². The average molecular weight is 494 g/mol. The van der Waals surface area contributed by atoms with Gasteiger partial charge in [-0.3, -0.25) is 19.9 Å². The minimum Gasteiger partial charge on any atom is -0.456 e. The van der Waals surface area contributed by atoms with Gasteiger partial charge in [0.25, 0.3) is 5.91 Å². The summed E-state index contributed by atoms with van der Waals surface area (Å²) in [6.45, 7) is 4.94. The van der Waals surface area contributed by atoms with Gasteiger partial charge >= 0.3 is 0 Å². The second kappa shape index (κ2) is 10.5. The normalized spacial score (nSPS) is 15.8. The third-order valence-electron chi connectivity index (χ3n) is 5.52. The maximum absolute atomic E-state index is 12.5. The molecule has 0 bridgehead atoms. The van der Waals surface area contributed by atoms with Crippen LogP contribution in [-0.4, -0.2) is 51.6 Å². The number of anilines is 2. The van der Waals surface area contributed by atoms with Crippen LogP contribution in [-0.2, 0) is 4.79 Å². The van der Waals surface area contributed by atoms with Crippen LogP contribution < -0.4 is 21.5 Å². The average Bonchev–Trinajstić information content (AvgIpc) is 3.47. The van der Waals surface area contributed by atoms with Crippen LogP contribution in [0.15, 0.2) is 47.7 Å². The molecule has 1 saturated heterocycles. The number of carbonyl (C=O) groups is 2. The predicted octanol–water partition coefficient (Wildman–Crippen LogP) is 3.19. The number of carbonyl (C=O) groups excluding carboxylic acids is 2. The molecule has 0 spiro atoms. The lowest BCUT2D eigenvalue weighted by Crippen LogP contribution is -2.29. The van der Waals surface area contributed by atoms with Crippen LogP contribution in [0.2, 0.25) is 0 Å². The first kappa shape index (κ1) is 24.1. The summed E-state index contributed by atoms with van der Waals surface area (Å²) in [6, 6.07) is 8.22. The highest BCUT2D eigenvalue weighted by Crippen LogP contribution is 2.29. The quantitative estimate of drug-likeness (QED) is 0.338. The molecule has 1 aliphatic heterocycles. The van der Waals surface area contributed by atoms with Gasteiger partial charge in [0.1, 0.15) is 28.7 Å². The highest BCUT2D eigenvalue weighted by atomic mass is 32.1. The Hall–Kier alpha value is -3.99. The van der Waals surface area contributed by atoms with Gasteiger partial charge in [-0.2, -0.15) is 0 Å². The van der Waals surface area contributed by atoms with Crippen LogP contribution in [0.3, 0.4) is 0 Å². The van der Waals surface area contributed by atoms with Gasteiger partial charge < -0.3 is 21.1 Å². The number of hydrogen-bond acceptors (Lipinski definition) is 8. The summed E-state index contributed by atoms with van der Waals surface area (Å²) in [4.78, 5) is 40.1. The molecule has 2 aromatic heterocycles. The SMILES string of the molecule is CCC(=O)N1CCC(N=C(N)c2c(Oc3ccc(C(=O)Nc4ncc(C)s4)cc3)ccnc2N)C1. The van der Waals surface area contributed by atoms with Crippen molar-refractivity contribution in [1.29, 1.82) is 0 Å². The lowest BCUT2D eigenvalue weighted by atomic mass is 10.2. The monoisotopic (exact) mass is 493 g/mol. The standard InChI is InChI=1S/C24H27N7O3S/c1-3-19(32)31-11-9-16(13-31)29-22(26)20-18(8-10-27-21(20)25)34-17-6-4-15(5-7-17)23(33)30-24-28-12-14(2)35-24/h4-8,10,12,16H,3,9,11,13H2,1-2H3,(H2,25,27)(H2,26,29)(H,28,30,33). The number of amidine groups is 1. The number of nitrogens with two attached hydrogens (primary N) is 2. The summed E-state index contributed by atoms with van der Waals surface area (Å²) in [5.41, 5.74) is 13.3. The minimum absolute atomic E-state index is 0.102. The number of rotatable bonds is 7. The topological polar surface area (TPSA) is 149 Å². The fraction of sp³-hybridized carbons (Fsp3) is 0.292. The summed E-state index contributed by atoms with van der Waals surface area (Å²) in [5, 5.41) is 3.32. The molecule has 10 nitrogen and oxygen atoms in total. The first-order valence-corrected chi connectivity index (χ1v) is 12.0. The molecular weight excluding hydrogens is 466 g/mol. The number of nitrogen functional groups attached to an aromatic ring is 1. The molecule has 2 amide bonds. The van der Waals surface area contributed by atoms with Crippen molar-refractivity contribution < 1.29 is 14.3 Å². The van der Waals surface area contributed by atoms with E-state index >= 15 is 0 Å². The number of aromatic nitrogens is 2. The number of nitrogens with one attached hydrogen (secondary N) is 1. The number of thiazole rings is 1. The van der Waals surface area contributed by atoms with Crippen LogP contribution in [0.25, 0.3) is 0 Å². The molecular formula is C24H27N7O3S. The summed E-state index contributed by atoms with van der Waals surface area (Å²) >= 11 is 1.41. The van der Waals surface area contributed by atoms with Crippen molar-refractivity contribution in [3.63, 3.8) is 0 Å². The Kier molecular flexibility index (Phi) is 7.25. The number of nitrogens with zero attached hydrogens (tertiary/aromatic N) is 4. The van der Waals surface area contributed by atoms with Crippen molar-refractivity contribution in [2.24, 2.45) is 10.7 Å². The highest BCUT2D eigenvalue weighted by Gasteiger charge is 2.26. The predicted molar refractivity (Wildman–Crippen MR) is 136 cm³/mol. The van der Waals surface area contributed by atoms with E-state index < -0.39 is 0 Å². The van der Waals surface area contributed by atoms with Crippen LogP contribution in [0.5, 0.6) is 11.5 Å².